The first kappa shape index (κ1) is 15.1. The average Bonchev–Trinajstić information content (AvgIpc) is 2.68. The molecule has 1 rings (SSSR count). The Labute approximate surface area is 111 Å². The van der Waals surface area contributed by atoms with Gasteiger partial charge in [0.2, 0.25) is 0 Å². The Kier molecular flexibility index (Phi) is 4.89. The van der Waals surface area contributed by atoms with Gasteiger partial charge in [-0.05, 0) is 25.0 Å². The topological polar surface area (TPSA) is 74.7 Å². The van der Waals surface area contributed by atoms with Gasteiger partial charge >= 0.3 is 5.97 Å². The Bertz CT molecular complexity index is 533. The van der Waals surface area contributed by atoms with Crippen molar-refractivity contribution < 1.29 is 18.3 Å². The SMILES string of the molecule is CCCN(CC)S(=O)(=O)c1cc(C)c(C(=O)O)s1. The molecule has 0 aromatic carbocycles. The maximum absolute atomic E-state index is 12.3. The lowest BCUT2D eigenvalue weighted by Crippen LogP contribution is -2.31. The lowest BCUT2D eigenvalue weighted by molar-refractivity contribution is 0.0701. The van der Waals surface area contributed by atoms with Crippen LogP contribution in [-0.2, 0) is 10.0 Å². The second kappa shape index (κ2) is 5.81. The number of hydrogen-bond donors (Lipinski definition) is 1. The van der Waals surface area contributed by atoms with Crippen LogP contribution >= 0.6 is 11.3 Å². The minimum Gasteiger partial charge on any atom is -0.477 e. The van der Waals surface area contributed by atoms with Crippen molar-refractivity contribution in [2.24, 2.45) is 0 Å². The van der Waals surface area contributed by atoms with Gasteiger partial charge in [0.15, 0.2) is 0 Å². The van der Waals surface area contributed by atoms with Crippen molar-refractivity contribution in [1.29, 1.82) is 0 Å². The maximum Gasteiger partial charge on any atom is 0.346 e. The molecule has 0 saturated carbocycles. The zero-order valence-electron chi connectivity index (χ0n) is 10.6. The molecule has 0 aliphatic rings. The Morgan fingerprint density at radius 3 is 2.44 bits per heavy atom. The van der Waals surface area contributed by atoms with E-state index in [0.717, 1.165) is 17.8 Å². The second-order valence-corrected chi connectivity index (χ2v) is 7.10. The normalized spacial score (nSPS) is 12.0. The molecule has 1 heterocycles. The number of carbonyl (C=O) groups is 1. The van der Waals surface area contributed by atoms with Gasteiger partial charge in [0.05, 0.1) is 0 Å². The summed E-state index contributed by atoms with van der Waals surface area (Å²) in [6, 6.07) is 1.43. The predicted molar refractivity (Wildman–Crippen MR) is 70.7 cm³/mol. The fourth-order valence-corrected chi connectivity index (χ4v) is 4.69. The van der Waals surface area contributed by atoms with Crippen molar-refractivity contribution in [2.45, 2.75) is 31.4 Å². The van der Waals surface area contributed by atoms with Gasteiger partial charge < -0.3 is 5.11 Å². The van der Waals surface area contributed by atoms with Gasteiger partial charge in [-0.2, -0.15) is 4.31 Å². The smallest absolute Gasteiger partial charge is 0.346 e. The molecule has 7 heteroatoms. The van der Waals surface area contributed by atoms with E-state index in [1.165, 1.54) is 10.4 Å². The van der Waals surface area contributed by atoms with Crippen molar-refractivity contribution in [3.8, 4) is 0 Å². The van der Waals surface area contributed by atoms with Gasteiger partial charge in [0.1, 0.15) is 9.09 Å². The summed E-state index contributed by atoms with van der Waals surface area (Å²) < 4.78 is 26.0. The number of sulfonamides is 1. The van der Waals surface area contributed by atoms with Crippen LogP contribution in [0.5, 0.6) is 0 Å². The number of nitrogens with zero attached hydrogens (tertiary/aromatic N) is 1. The lowest BCUT2D eigenvalue weighted by Gasteiger charge is -2.18. The van der Waals surface area contributed by atoms with Gasteiger partial charge in [-0.3, -0.25) is 0 Å². The van der Waals surface area contributed by atoms with E-state index in [-0.39, 0.29) is 9.09 Å². The van der Waals surface area contributed by atoms with E-state index in [9.17, 15) is 13.2 Å². The third kappa shape index (κ3) is 2.90. The Balaban J connectivity index is 3.20. The van der Waals surface area contributed by atoms with Crippen LogP contribution in [0.4, 0.5) is 0 Å². The van der Waals surface area contributed by atoms with E-state index >= 15 is 0 Å². The molecule has 5 nitrogen and oxygen atoms in total. The molecule has 0 spiro atoms. The molecule has 0 saturated heterocycles. The molecule has 18 heavy (non-hydrogen) atoms. The van der Waals surface area contributed by atoms with Crippen LogP contribution in [0.2, 0.25) is 0 Å². The second-order valence-electron chi connectivity index (χ2n) is 3.88. The van der Waals surface area contributed by atoms with Gasteiger partial charge in [0, 0.05) is 13.1 Å². The Hall–Kier alpha value is -0.920. The Morgan fingerprint density at radius 1 is 1.44 bits per heavy atom. The summed E-state index contributed by atoms with van der Waals surface area (Å²) in [5.41, 5.74) is 0.485. The van der Waals surface area contributed by atoms with Crippen molar-refractivity contribution in [2.75, 3.05) is 13.1 Å². The van der Waals surface area contributed by atoms with E-state index in [4.69, 9.17) is 5.11 Å². The highest BCUT2D eigenvalue weighted by molar-refractivity contribution is 7.91. The molecule has 0 bridgehead atoms. The highest BCUT2D eigenvalue weighted by Crippen LogP contribution is 2.28. The van der Waals surface area contributed by atoms with E-state index < -0.39 is 16.0 Å². The zero-order chi connectivity index (χ0) is 13.9. The fraction of sp³-hybridized carbons (Fsp3) is 0.545. The van der Waals surface area contributed by atoms with E-state index in [2.05, 4.69) is 0 Å². The summed E-state index contributed by atoms with van der Waals surface area (Å²) in [4.78, 5) is 11.0. The quantitative estimate of drug-likeness (QED) is 0.871. The highest BCUT2D eigenvalue weighted by atomic mass is 32.2. The standard InChI is InChI=1S/C11H17NO4S2/c1-4-6-12(5-2)18(15,16)9-7-8(3)10(17-9)11(13)14/h7H,4-6H2,1-3H3,(H,13,14). The summed E-state index contributed by atoms with van der Waals surface area (Å²) in [5, 5.41) is 8.95. The van der Waals surface area contributed by atoms with Gasteiger partial charge in [-0.25, -0.2) is 13.2 Å². The first-order chi connectivity index (χ1) is 8.34. The highest BCUT2D eigenvalue weighted by Gasteiger charge is 2.26. The molecule has 0 unspecified atom stereocenters. The maximum atomic E-state index is 12.3. The van der Waals surface area contributed by atoms with Gasteiger partial charge in [-0.1, -0.05) is 13.8 Å². The number of rotatable bonds is 6. The van der Waals surface area contributed by atoms with Crippen LogP contribution in [0.25, 0.3) is 0 Å². The number of aryl methyl sites for hydroxylation is 1. The third-order valence-electron chi connectivity index (χ3n) is 2.51. The van der Waals surface area contributed by atoms with E-state index in [0.29, 0.717) is 18.7 Å². The van der Waals surface area contributed by atoms with Crippen LogP contribution in [0.3, 0.4) is 0 Å². The molecular weight excluding hydrogens is 274 g/mol. The van der Waals surface area contributed by atoms with Crippen LogP contribution in [0.15, 0.2) is 10.3 Å². The number of carboxylic acids is 1. The summed E-state index contributed by atoms with van der Waals surface area (Å²) >= 11 is 0.815. The van der Waals surface area contributed by atoms with Crippen molar-refractivity contribution in [3.63, 3.8) is 0 Å². The minimum atomic E-state index is -3.56. The number of aromatic carboxylic acids is 1. The number of carboxylic acid groups (broad SMARTS) is 1. The molecule has 1 aromatic rings. The van der Waals surface area contributed by atoms with Crippen LogP contribution < -0.4 is 0 Å². The van der Waals surface area contributed by atoms with Crippen molar-refractivity contribution in [1.82, 2.24) is 4.31 Å². The van der Waals surface area contributed by atoms with Crippen LogP contribution in [0, 0.1) is 6.92 Å². The summed E-state index contributed by atoms with van der Waals surface area (Å²) in [7, 11) is -3.56. The van der Waals surface area contributed by atoms with Crippen LogP contribution in [-0.4, -0.2) is 36.9 Å². The molecule has 0 aliphatic heterocycles. The molecular formula is C11H17NO4S2. The molecule has 1 N–H and O–H groups in total. The summed E-state index contributed by atoms with van der Waals surface area (Å²) in [5.74, 6) is -1.09. The molecule has 0 amide bonds. The molecule has 0 fully saturated rings. The van der Waals surface area contributed by atoms with Crippen molar-refractivity contribution in [3.05, 3.63) is 16.5 Å². The van der Waals surface area contributed by atoms with E-state index in [1.807, 2.05) is 6.92 Å². The molecule has 102 valence electrons. The first-order valence-corrected chi connectivity index (χ1v) is 7.94. The molecule has 0 aliphatic carbocycles. The molecule has 0 atom stereocenters. The minimum absolute atomic E-state index is 0.0844. The zero-order valence-corrected chi connectivity index (χ0v) is 12.3. The average molecular weight is 291 g/mol. The Morgan fingerprint density at radius 2 is 2.06 bits per heavy atom. The molecule has 0 radical (unpaired) electrons. The van der Waals surface area contributed by atoms with Gasteiger partial charge in [-0.15, -0.1) is 11.3 Å². The van der Waals surface area contributed by atoms with Crippen LogP contribution in [0.1, 0.15) is 35.5 Å². The fourth-order valence-electron chi connectivity index (χ4n) is 1.62. The monoisotopic (exact) mass is 291 g/mol. The number of hydrogen-bond acceptors (Lipinski definition) is 4. The first-order valence-electron chi connectivity index (χ1n) is 5.68. The van der Waals surface area contributed by atoms with Gasteiger partial charge in [0.25, 0.3) is 10.0 Å². The summed E-state index contributed by atoms with van der Waals surface area (Å²) in [6.07, 6.45) is 0.725. The van der Waals surface area contributed by atoms with Crippen molar-refractivity contribution >= 4 is 27.3 Å². The lowest BCUT2D eigenvalue weighted by atomic mass is 10.3. The third-order valence-corrected chi connectivity index (χ3v) is 6.16. The number of thiophene rings is 1. The predicted octanol–water partition coefficient (Wildman–Crippen LogP) is 2.18. The summed E-state index contributed by atoms with van der Waals surface area (Å²) in [6.45, 7) is 6.11. The van der Waals surface area contributed by atoms with E-state index in [1.54, 1.807) is 13.8 Å². The largest absolute Gasteiger partial charge is 0.477 e. The molecule has 1 aromatic heterocycles.